The SMILES string of the molecule is CC1(C)CCC2(C)C(=O)C=C3C(C)(CCC4C3(C)CCC3C(C)(C)C(=O)CCC34C)C2C1. The van der Waals surface area contributed by atoms with Crippen molar-refractivity contribution in [1.82, 2.24) is 0 Å². The summed E-state index contributed by atoms with van der Waals surface area (Å²) < 4.78 is 0. The van der Waals surface area contributed by atoms with Gasteiger partial charge in [-0.1, -0.05) is 61.0 Å². The molecule has 4 saturated carbocycles. The highest BCUT2D eigenvalue weighted by Gasteiger charge is 2.68. The van der Waals surface area contributed by atoms with Crippen molar-refractivity contribution in [3.8, 4) is 0 Å². The van der Waals surface area contributed by atoms with Crippen LogP contribution in [0, 0.1) is 50.2 Å². The summed E-state index contributed by atoms with van der Waals surface area (Å²) in [6.45, 7) is 19.1. The molecule has 0 aromatic carbocycles. The Hall–Kier alpha value is -0.920. The van der Waals surface area contributed by atoms with Gasteiger partial charge in [0, 0.05) is 17.3 Å². The fourth-order valence-electron chi connectivity index (χ4n) is 10.4. The van der Waals surface area contributed by atoms with Gasteiger partial charge in [0.1, 0.15) is 5.78 Å². The molecule has 4 fully saturated rings. The van der Waals surface area contributed by atoms with Crippen molar-refractivity contribution in [3.05, 3.63) is 11.6 Å². The number of carbonyl (C=O) groups is 2. The summed E-state index contributed by atoms with van der Waals surface area (Å²) in [4.78, 5) is 26.6. The summed E-state index contributed by atoms with van der Waals surface area (Å²) in [6.07, 6.45) is 12.0. The molecule has 5 aliphatic rings. The highest BCUT2D eigenvalue weighted by atomic mass is 16.1. The maximum Gasteiger partial charge on any atom is 0.161 e. The average molecular weight is 439 g/mol. The van der Waals surface area contributed by atoms with Gasteiger partial charge in [-0.3, -0.25) is 9.59 Å². The van der Waals surface area contributed by atoms with Crippen molar-refractivity contribution < 1.29 is 9.59 Å². The molecule has 0 aromatic heterocycles. The van der Waals surface area contributed by atoms with Crippen molar-refractivity contribution >= 4 is 11.6 Å². The van der Waals surface area contributed by atoms with E-state index >= 15 is 0 Å². The van der Waals surface area contributed by atoms with Crippen LogP contribution in [0.1, 0.15) is 113 Å². The lowest BCUT2D eigenvalue weighted by Gasteiger charge is -2.69. The Labute approximate surface area is 196 Å². The highest BCUT2D eigenvalue weighted by Crippen LogP contribution is 2.74. The van der Waals surface area contributed by atoms with Gasteiger partial charge in [0.25, 0.3) is 0 Å². The van der Waals surface area contributed by atoms with E-state index in [-0.39, 0.29) is 27.1 Å². The van der Waals surface area contributed by atoms with Gasteiger partial charge in [0.15, 0.2) is 5.78 Å². The third-order valence-corrected chi connectivity index (χ3v) is 12.4. The van der Waals surface area contributed by atoms with Crippen LogP contribution < -0.4 is 0 Å². The number of ketones is 2. The van der Waals surface area contributed by atoms with Crippen LogP contribution >= 0.6 is 0 Å². The van der Waals surface area contributed by atoms with E-state index in [0.29, 0.717) is 34.7 Å². The number of fused-ring (bicyclic) bond motifs is 7. The Morgan fingerprint density at radius 1 is 0.688 bits per heavy atom. The molecule has 7 unspecified atom stereocenters. The molecule has 0 amide bonds. The molecule has 5 rings (SSSR count). The molecule has 0 N–H and O–H groups in total. The van der Waals surface area contributed by atoms with Crippen LogP contribution in [0.4, 0.5) is 0 Å². The Morgan fingerprint density at radius 2 is 1.28 bits per heavy atom. The van der Waals surface area contributed by atoms with Gasteiger partial charge in [0.05, 0.1) is 0 Å². The summed E-state index contributed by atoms with van der Waals surface area (Å²) in [5, 5.41) is 0. The Bertz CT molecular complexity index is 908. The number of allylic oxidation sites excluding steroid dienone is 2. The first kappa shape index (κ1) is 22.9. The van der Waals surface area contributed by atoms with Crippen molar-refractivity contribution in [1.29, 1.82) is 0 Å². The van der Waals surface area contributed by atoms with Crippen molar-refractivity contribution in [2.24, 2.45) is 50.2 Å². The van der Waals surface area contributed by atoms with Gasteiger partial charge in [-0.15, -0.1) is 0 Å². The quantitative estimate of drug-likeness (QED) is 0.391. The monoisotopic (exact) mass is 438 g/mol. The van der Waals surface area contributed by atoms with E-state index < -0.39 is 0 Å². The average Bonchev–Trinajstić information content (AvgIpc) is 2.68. The second kappa shape index (κ2) is 6.39. The van der Waals surface area contributed by atoms with Gasteiger partial charge in [-0.25, -0.2) is 0 Å². The number of carbonyl (C=O) groups excluding carboxylic acids is 2. The molecular weight excluding hydrogens is 392 g/mol. The number of hydrogen-bond acceptors (Lipinski definition) is 2. The van der Waals surface area contributed by atoms with Crippen LogP contribution in [0.5, 0.6) is 0 Å². The molecule has 7 atom stereocenters. The van der Waals surface area contributed by atoms with Crippen LogP contribution in [0.25, 0.3) is 0 Å². The molecule has 5 aliphatic carbocycles. The molecule has 0 aromatic rings. The van der Waals surface area contributed by atoms with E-state index in [1.165, 1.54) is 24.8 Å². The second-order valence-electron chi connectivity index (χ2n) is 14.9. The third-order valence-electron chi connectivity index (χ3n) is 12.4. The largest absolute Gasteiger partial charge is 0.299 e. The smallest absolute Gasteiger partial charge is 0.161 e. The maximum absolute atomic E-state index is 13.8. The van der Waals surface area contributed by atoms with E-state index in [1.54, 1.807) is 0 Å². The molecule has 0 heterocycles. The van der Waals surface area contributed by atoms with Crippen LogP contribution in [-0.4, -0.2) is 11.6 Å². The minimum absolute atomic E-state index is 0.0906. The van der Waals surface area contributed by atoms with Crippen LogP contribution in [0.15, 0.2) is 11.6 Å². The fourth-order valence-corrected chi connectivity index (χ4v) is 10.4. The molecule has 2 nitrogen and oxygen atoms in total. The predicted molar refractivity (Wildman–Crippen MR) is 130 cm³/mol. The fraction of sp³-hybridized carbons (Fsp3) is 0.867. The minimum Gasteiger partial charge on any atom is -0.299 e. The Kier molecular flexibility index (Phi) is 4.57. The van der Waals surface area contributed by atoms with E-state index in [9.17, 15) is 9.59 Å². The van der Waals surface area contributed by atoms with Crippen LogP contribution in [0.3, 0.4) is 0 Å². The van der Waals surface area contributed by atoms with Crippen LogP contribution in [0.2, 0.25) is 0 Å². The van der Waals surface area contributed by atoms with Crippen molar-refractivity contribution in [2.75, 3.05) is 0 Å². The molecule has 0 saturated heterocycles. The lowest BCUT2D eigenvalue weighted by Crippen LogP contribution is -2.63. The zero-order valence-corrected chi connectivity index (χ0v) is 22.0. The number of rotatable bonds is 0. The Balaban J connectivity index is 1.61. The summed E-state index contributed by atoms with van der Waals surface area (Å²) in [7, 11) is 0. The lowest BCUT2D eigenvalue weighted by molar-refractivity contribution is -0.170. The van der Waals surface area contributed by atoms with E-state index in [0.717, 1.165) is 38.5 Å². The molecule has 0 bridgehead atoms. The first-order valence-corrected chi connectivity index (χ1v) is 13.4. The summed E-state index contributed by atoms with van der Waals surface area (Å²) >= 11 is 0. The summed E-state index contributed by atoms with van der Waals surface area (Å²) in [5.74, 6) is 2.39. The second-order valence-corrected chi connectivity index (χ2v) is 14.9. The van der Waals surface area contributed by atoms with Crippen molar-refractivity contribution in [3.63, 3.8) is 0 Å². The Morgan fingerprint density at radius 3 is 1.94 bits per heavy atom. The number of hydrogen-bond donors (Lipinski definition) is 0. The first-order chi connectivity index (χ1) is 14.6. The zero-order valence-electron chi connectivity index (χ0n) is 22.0. The highest BCUT2D eigenvalue weighted by molar-refractivity contribution is 5.97. The maximum atomic E-state index is 13.8. The predicted octanol–water partition coefficient (Wildman–Crippen LogP) is 7.56. The molecule has 0 radical (unpaired) electrons. The lowest BCUT2D eigenvalue weighted by atomic mass is 9.34. The minimum atomic E-state index is -0.211. The molecule has 0 spiro atoms. The molecule has 2 heteroatoms. The normalized spacial score (nSPS) is 51.6. The molecule has 0 aliphatic heterocycles. The van der Waals surface area contributed by atoms with Crippen molar-refractivity contribution in [2.45, 2.75) is 113 Å². The van der Waals surface area contributed by atoms with Gasteiger partial charge < -0.3 is 0 Å². The molecule has 178 valence electrons. The van der Waals surface area contributed by atoms with E-state index in [2.05, 4.69) is 61.5 Å². The molecular formula is C30H46O2. The standard InChI is InChI=1S/C30H46O2/c1-25(2)15-16-30(8)22(18-25)29(7)13-10-20-27(5)14-11-23(31)26(3,4)19(27)9-12-28(20,6)21(29)17-24(30)32/h17,19-20,22H,9-16,18H2,1-8H3. The zero-order chi connectivity index (χ0) is 23.5. The van der Waals surface area contributed by atoms with Crippen LogP contribution in [-0.2, 0) is 9.59 Å². The van der Waals surface area contributed by atoms with E-state index in [1.807, 2.05) is 0 Å². The topological polar surface area (TPSA) is 34.1 Å². The number of Topliss-reactive ketones (excluding diaryl/α,β-unsaturated/α-hetero) is 1. The van der Waals surface area contributed by atoms with Gasteiger partial charge in [-0.2, -0.15) is 0 Å². The van der Waals surface area contributed by atoms with E-state index in [4.69, 9.17) is 0 Å². The van der Waals surface area contributed by atoms with Gasteiger partial charge in [-0.05, 0) is 96.9 Å². The third kappa shape index (κ3) is 2.65. The van der Waals surface area contributed by atoms with Gasteiger partial charge >= 0.3 is 0 Å². The first-order valence-electron chi connectivity index (χ1n) is 13.4. The summed E-state index contributed by atoms with van der Waals surface area (Å²) in [5.41, 5.74) is 1.85. The van der Waals surface area contributed by atoms with Gasteiger partial charge in [0.2, 0.25) is 0 Å². The summed E-state index contributed by atoms with van der Waals surface area (Å²) in [6, 6.07) is 0. The molecule has 32 heavy (non-hydrogen) atoms.